The molecular formula is C12H20N2. The van der Waals surface area contributed by atoms with Gasteiger partial charge in [-0.1, -0.05) is 25.2 Å². The maximum absolute atomic E-state index is 4.00. The van der Waals surface area contributed by atoms with Gasteiger partial charge in [0, 0.05) is 0 Å². The predicted octanol–water partition coefficient (Wildman–Crippen LogP) is 2.67. The SMILES string of the molecule is C=C1NC(CC)N/C1=C(\C)C=C(C)C. The number of nitrogens with one attached hydrogen (secondary N) is 2. The van der Waals surface area contributed by atoms with Crippen molar-refractivity contribution < 1.29 is 0 Å². The van der Waals surface area contributed by atoms with E-state index in [1.165, 1.54) is 11.1 Å². The van der Waals surface area contributed by atoms with Crippen LogP contribution in [0.3, 0.4) is 0 Å². The fourth-order valence-electron chi connectivity index (χ4n) is 1.64. The van der Waals surface area contributed by atoms with Crippen molar-refractivity contribution in [2.24, 2.45) is 0 Å². The van der Waals surface area contributed by atoms with E-state index in [0.29, 0.717) is 6.17 Å². The Morgan fingerprint density at radius 2 is 2.00 bits per heavy atom. The standard InChI is InChI=1S/C12H20N2/c1-6-11-13-10(5)12(14-11)9(4)7-8(2)3/h7,11,13-14H,5-6H2,1-4H3/b12-9+. The zero-order valence-electron chi connectivity index (χ0n) is 9.57. The minimum atomic E-state index is 0.345. The van der Waals surface area contributed by atoms with Crippen molar-refractivity contribution in [3.8, 4) is 0 Å². The average molecular weight is 192 g/mol. The second-order valence-corrected chi connectivity index (χ2v) is 4.01. The molecule has 0 spiro atoms. The highest BCUT2D eigenvalue weighted by molar-refractivity contribution is 5.39. The molecule has 0 saturated carbocycles. The highest BCUT2D eigenvalue weighted by Gasteiger charge is 2.19. The van der Waals surface area contributed by atoms with Crippen LogP contribution in [0.5, 0.6) is 0 Å². The van der Waals surface area contributed by atoms with Gasteiger partial charge < -0.3 is 10.6 Å². The lowest BCUT2D eigenvalue weighted by Crippen LogP contribution is -2.29. The molecule has 0 aromatic carbocycles. The van der Waals surface area contributed by atoms with Crippen LogP contribution < -0.4 is 10.6 Å². The number of hydrogen-bond donors (Lipinski definition) is 2. The molecule has 0 bridgehead atoms. The molecule has 1 rings (SSSR count). The Balaban J connectivity index is 2.88. The summed E-state index contributed by atoms with van der Waals surface area (Å²) in [7, 11) is 0. The van der Waals surface area contributed by atoms with Crippen molar-refractivity contribution in [3.05, 3.63) is 35.2 Å². The molecule has 2 heteroatoms. The molecule has 0 aliphatic carbocycles. The van der Waals surface area contributed by atoms with E-state index in [9.17, 15) is 0 Å². The van der Waals surface area contributed by atoms with Gasteiger partial charge in [0.2, 0.25) is 0 Å². The first-order valence-corrected chi connectivity index (χ1v) is 5.12. The van der Waals surface area contributed by atoms with Gasteiger partial charge in [-0.25, -0.2) is 0 Å². The van der Waals surface area contributed by atoms with Gasteiger partial charge in [0.1, 0.15) is 0 Å². The van der Waals surface area contributed by atoms with Gasteiger partial charge in [0.05, 0.1) is 17.6 Å². The summed E-state index contributed by atoms with van der Waals surface area (Å²) in [5.74, 6) is 0. The lowest BCUT2D eigenvalue weighted by molar-refractivity contribution is 0.556. The van der Waals surface area contributed by atoms with Crippen LogP contribution in [-0.4, -0.2) is 6.17 Å². The zero-order valence-corrected chi connectivity index (χ0v) is 9.57. The summed E-state index contributed by atoms with van der Waals surface area (Å²) in [5.41, 5.74) is 4.72. The van der Waals surface area contributed by atoms with Gasteiger partial charge >= 0.3 is 0 Å². The first kappa shape index (κ1) is 10.9. The van der Waals surface area contributed by atoms with Gasteiger partial charge in [0.25, 0.3) is 0 Å². The highest BCUT2D eigenvalue weighted by Crippen LogP contribution is 2.17. The number of allylic oxidation sites excluding steroid dienone is 3. The first-order chi connectivity index (χ1) is 6.54. The summed E-state index contributed by atoms with van der Waals surface area (Å²) in [6.45, 7) is 12.5. The van der Waals surface area contributed by atoms with Gasteiger partial charge in [-0.15, -0.1) is 0 Å². The van der Waals surface area contributed by atoms with E-state index in [4.69, 9.17) is 0 Å². The lowest BCUT2D eigenvalue weighted by Gasteiger charge is -2.07. The molecule has 1 aliphatic heterocycles. The van der Waals surface area contributed by atoms with Crippen LogP contribution in [0.1, 0.15) is 34.1 Å². The van der Waals surface area contributed by atoms with Gasteiger partial charge in [-0.3, -0.25) is 0 Å². The normalized spacial score (nSPS) is 24.0. The van der Waals surface area contributed by atoms with Crippen molar-refractivity contribution in [2.45, 2.75) is 40.3 Å². The van der Waals surface area contributed by atoms with E-state index < -0.39 is 0 Å². The number of rotatable bonds is 2. The third-order valence-electron chi connectivity index (χ3n) is 2.28. The molecule has 0 amide bonds. The molecule has 1 aliphatic rings. The van der Waals surface area contributed by atoms with E-state index >= 15 is 0 Å². The second-order valence-electron chi connectivity index (χ2n) is 4.01. The summed E-state index contributed by atoms with van der Waals surface area (Å²) in [4.78, 5) is 0. The summed E-state index contributed by atoms with van der Waals surface area (Å²) in [6, 6.07) is 0. The molecule has 1 atom stereocenters. The molecule has 1 unspecified atom stereocenters. The van der Waals surface area contributed by atoms with Crippen molar-refractivity contribution >= 4 is 0 Å². The Bertz CT molecular complexity index is 293. The molecule has 78 valence electrons. The molecule has 0 aromatic heterocycles. The average Bonchev–Trinajstić information content (AvgIpc) is 2.45. The first-order valence-electron chi connectivity index (χ1n) is 5.12. The van der Waals surface area contributed by atoms with Crippen LogP contribution in [0.4, 0.5) is 0 Å². The van der Waals surface area contributed by atoms with E-state index in [1.54, 1.807) is 0 Å². The quantitative estimate of drug-likeness (QED) is 0.703. The van der Waals surface area contributed by atoms with Gasteiger partial charge in [0.15, 0.2) is 0 Å². The smallest absolute Gasteiger partial charge is 0.0962 e. The molecule has 1 fully saturated rings. The van der Waals surface area contributed by atoms with Gasteiger partial charge in [-0.05, 0) is 32.8 Å². The Labute approximate surface area is 86.8 Å². The monoisotopic (exact) mass is 192 g/mol. The van der Waals surface area contributed by atoms with E-state index in [1.807, 2.05) is 0 Å². The minimum absolute atomic E-state index is 0.345. The number of hydrogen-bond acceptors (Lipinski definition) is 2. The van der Waals surface area contributed by atoms with Gasteiger partial charge in [-0.2, -0.15) is 0 Å². The third-order valence-corrected chi connectivity index (χ3v) is 2.28. The summed E-state index contributed by atoms with van der Waals surface area (Å²) in [5, 5.41) is 6.73. The molecule has 14 heavy (non-hydrogen) atoms. The summed E-state index contributed by atoms with van der Waals surface area (Å²) < 4.78 is 0. The Kier molecular flexibility index (Phi) is 3.39. The maximum atomic E-state index is 4.00. The van der Waals surface area contributed by atoms with E-state index in [-0.39, 0.29) is 0 Å². The Morgan fingerprint density at radius 3 is 2.43 bits per heavy atom. The van der Waals surface area contributed by atoms with Crippen LogP contribution in [0.15, 0.2) is 35.2 Å². The molecule has 2 nitrogen and oxygen atoms in total. The second kappa shape index (κ2) is 4.36. The largest absolute Gasteiger partial charge is 0.364 e. The van der Waals surface area contributed by atoms with E-state index in [2.05, 4.69) is 51.0 Å². The molecular weight excluding hydrogens is 172 g/mol. The fraction of sp³-hybridized carbons (Fsp3) is 0.500. The van der Waals surface area contributed by atoms with Crippen molar-refractivity contribution in [3.63, 3.8) is 0 Å². The molecule has 0 radical (unpaired) electrons. The summed E-state index contributed by atoms with van der Waals surface area (Å²) in [6.07, 6.45) is 3.58. The zero-order chi connectivity index (χ0) is 10.7. The fourth-order valence-corrected chi connectivity index (χ4v) is 1.64. The highest BCUT2D eigenvalue weighted by atomic mass is 15.2. The molecule has 2 N–H and O–H groups in total. The Morgan fingerprint density at radius 1 is 1.36 bits per heavy atom. The van der Waals surface area contributed by atoms with Crippen LogP contribution in [-0.2, 0) is 0 Å². The van der Waals surface area contributed by atoms with Crippen molar-refractivity contribution in [1.29, 1.82) is 0 Å². The maximum Gasteiger partial charge on any atom is 0.0962 e. The van der Waals surface area contributed by atoms with Crippen molar-refractivity contribution in [1.82, 2.24) is 10.6 Å². The van der Waals surface area contributed by atoms with Crippen LogP contribution in [0.2, 0.25) is 0 Å². The van der Waals surface area contributed by atoms with Crippen LogP contribution in [0, 0.1) is 0 Å². The molecule has 0 aromatic rings. The summed E-state index contributed by atoms with van der Waals surface area (Å²) >= 11 is 0. The van der Waals surface area contributed by atoms with Crippen LogP contribution >= 0.6 is 0 Å². The topological polar surface area (TPSA) is 24.1 Å². The van der Waals surface area contributed by atoms with E-state index in [0.717, 1.165) is 17.8 Å². The third kappa shape index (κ3) is 2.41. The molecule has 1 saturated heterocycles. The molecule has 1 heterocycles. The predicted molar refractivity (Wildman–Crippen MR) is 61.6 cm³/mol. The minimum Gasteiger partial charge on any atom is -0.364 e. The lowest BCUT2D eigenvalue weighted by atomic mass is 10.1. The van der Waals surface area contributed by atoms with Crippen LogP contribution in [0.25, 0.3) is 0 Å². The Hall–Kier alpha value is -1.18. The van der Waals surface area contributed by atoms with Crippen molar-refractivity contribution in [2.75, 3.05) is 0 Å².